The Hall–Kier alpha value is -1.62. The van der Waals surface area contributed by atoms with E-state index in [1.807, 2.05) is 0 Å². The average molecular weight is 210 g/mol. The highest BCUT2D eigenvalue weighted by molar-refractivity contribution is 5.76. The molecule has 1 rings (SSSR count). The minimum Gasteiger partial charge on any atom is -0.487 e. The first-order chi connectivity index (χ1) is 7.15. The molecule has 1 heterocycles. The van der Waals surface area contributed by atoms with E-state index in [1.165, 1.54) is 7.11 Å². The second-order valence-electron chi connectivity index (χ2n) is 3.06. The van der Waals surface area contributed by atoms with Gasteiger partial charge in [-0.15, -0.1) is 0 Å². The van der Waals surface area contributed by atoms with Gasteiger partial charge in [-0.1, -0.05) is 0 Å². The maximum atomic E-state index is 11.1. The third kappa shape index (κ3) is 3.21. The zero-order valence-electron chi connectivity index (χ0n) is 8.71. The topological polar surface area (TPSA) is 74.4 Å². The zero-order chi connectivity index (χ0) is 11.3. The summed E-state index contributed by atoms with van der Waals surface area (Å²) in [6, 6.07) is 2.69. The van der Waals surface area contributed by atoms with Crippen molar-refractivity contribution in [1.82, 2.24) is 4.98 Å². The van der Waals surface area contributed by atoms with Gasteiger partial charge in [0.15, 0.2) is 0 Å². The van der Waals surface area contributed by atoms with Crippen LogP contribution in [-0.4, -0.2) is 30.2 Å². The molecule has 0 aromatic carbocycles. The number of ether oxygens (including phenoxy) is 2. The molecule has 0 saturated carbocycles. The third-order valence-corrected chi connectivity index (χ3v) is 1.94. The molecule has 0 aliphatic carbocycles. The number of hydrogen-bond donors (Lipinski definition) is 1. The molecule has 0 spiro atoms. The fourth-order valence-electron chi connectivity index (χ4n) is 1.03. The lowest BCUT2D eigenvalue weighted by Gasteiger charge is -2.18. The molecule has 0 fully saturated rings. The number of pyridine rings is 1. The number of rotatable bonds is 4. The molecular weight excluding hydrogens is 196 g/mol. The van der Waals surface area contributed by atoms with Crippen molar-refractivity contribution in [1.29, 1.82) is 0 Å². The molecule has 0 amide bonds. The first kappa shape index (κ1) is 11.5. The van der Waals surface area contributed by atoms with Crippen LogP contribution in [-0.2, 0) is 9.53 Å². The van der Waals surface area contributed by atoms with Gasteiger partial charge in [0.25, 0.3) is 0 Å². The van der Waals surface area contributed by atoms with Crippen LogP contribution in [0.15, 0.2) is 24.5 Å². The Balaban J connectivity index is 2.56. The largest absolute Gasteiger partial charge is 0.487 e. The molecule has 2 atom stereocenters. The fraction of sp³-hybridized carbons (Fsp3) is 0.400. The maximum Gasteiger partial charge on any atom is 0.326 e. The highest BCUT2D eigenvalue weighted by Gasteiger charge is 2.22. The number of carbonyl (C=O) groups excluding carboxylic acids is 1. The zero-order valence-corrected chi connectivity index (χ0v) is 8.71. The average Bonchev–Trinajstić information content (AvgIpc) is 2.28. The summed E-state index contributed by atoms with van der Waals surface area (Å²) in [6.07, 6.45) is 2.74. The number of nitrogens with two attached hydrogens (primary N) is 1. The van der Waals surface area contributed by atoms with Crippen LogP contribution < -0.4 is 10.5 Å². The van der Waals surface area contributed by atoms with Crippen molar-refractivity contribution in [2.75, 3.05) is 7.11 Å². The van der Waals surface area contributed by atoms with Crippen molar-refractivity contribution in [3.8, 4) is 5.75 Å². The lowest BCUT2D eigenvalue weighted by Crippen LogP contribution is -2.44. The van der Waals surface area contributed by atoms with E-state index in [1.54, 1.807) is 31.5 Å². The van der Waals surface area contributed by atoms with E-state index in [-0.39, 0.29) is 0 Å². The molecule has 1 aromatic heterocycles. The van der Waals surface area contributed by atoms with Crippen molar-refractivity contribution in [2.24, 2.45) is 5.73 Å². The monoisotopic (exact) mass is 210 g/mol. The molecule has 15 heavy (non-hydrogen) atoms. The van der Waals surface area contributed by atoms with Crippen molar-refractivity contribution >= 4 is 5.97 Å². The Morgan fingerprint density at radius 2 is 2.33 bits per heavy atom. The second kappa shape index (κ2) is 5.31. The molecule has 2 unspecified atom stereocenters. The number of aromatic nitrogens is 1. The number of nitrogens with zero attached hydrogens (tertiary/aromatic N) is 1. The van der Waals surface area contributed by atoms with Crippen LogP contribution in [0.2, 0.25) is 0 Å². The molecule has 1 aromatic rings. The Morgan fingerprint density at radius 1 is 1.60 bits per heavy atom. The van der Waals surface area contributed by atoms with Gasteiger partial charge in [0, 0.05) is 6.20 Å². The van der Waals surface area contributed by atoms with Gasteiger partial charge in [0.05, 0.1) is 13.3 Å². The van der Waals surface area contributed by atoms with Crippen molar-refractivity contribution in [3.63, 3.8) is 0 Å². The summed E-state index contributed by atoms with van der Waals surface area (Å²) in [6.45, 7) is 1.70. The highest BCUT2D eigenvalue weighted by Crippen LogP contribution is 2.10. The standard InChI is InChI=1S/C10H14N2O3/c1-7(9(11)10(13)14-2)15-8-4-3-5-12-6-8/h3-7,9H,11H2,1-2H3. The predicted octanol–water partition coefficient (Wildman–Crippen LogP) is 0.349. The van der Waals surface area contributed by atoms with Crippen molar-refractivity contribution < 1.29 is 14.3 Å². The first-order valence-electron chi connectivity index (χ1n) is 4.55. The summed E-state index contributed by atoms with van der Waals surface area (Å²) in [5.74, 6) is 0.0794. The van der Waals surface area contributed by atoms with E-state index in [2.05, 4.69) is 9.72 Å². The first-order valence-corrected chi connectivity index (χ1v) is 4.55. The highest BCUT2D eigenvalue weighted by atomic mass is 16.5. The van der Waals surface area contributed by atoms with Gasteiger partial charge in [-0.05, 0) is 19.1 Å². The molecule has 5 nitrogen and oxygen atoms in total. The quantitative estimate of drug-likeness (QED) is 0.726. The number of carbonyl (C=O) groups is 1. The molecule has 0 radical (unpaired) electrons. The molecule has 0 bridgehead atoms. The summed E-state index contributed by atoms with van der Waals surface area (Å²) in [7, 11) is 1.29. The summed E-state index contributed by atoms with van der Waals surface area (Å²) in [5, 5.41) is 0. The molecule has 2 N–H and O–H groups in total. The van der Waals surface area contributed by atoms with E-state index in [9.17, 15) is 4.79 Å². The van der Waals surface area contributed by atoms with Gasteiger partial charge in [0.2, 0.25) is 0 Å². The summed E-state index contributed by atoms with van der Waals surface area (Å²) in [4.78, 5) is 15.0. The van der Waals surface area contributed by atoms with E-state index in [4.69, 9.17) is 10.5 Å². The van der Waals surface area contributed by atoms with Gasteiger partial charge in [-0.3, -0.25) is 9.78 Å². The Kier molecular flexibility index (Phi) is 4.05. The Morgan fingerprint density at radius 3 is 2.87 bits per heavy atom. The van der Waals surface area contributed by atoms with Crippen LogP contribution in [0.25, 0.3) is 0 Å². The Bertz CT molecular complexity index is 316. The van der Waals surface area contributed by atoms with Crippen LogP contribution in [0.5, 0.6) is 5.75 Å². The van der Waals surface area contributed by atoms with E-state index in [0.717, 1.165) is 0 Å². The smallest absolute Gasteiger partial charge is 0.326 e. The van der Waals surface area contributed by atoms with E-state index in [0.29, 0.717) is 5.75 Å². The van der Waals surface area contributed by atoms with Gasteiger partial charge in [0.1, 0.15) is 17.9 Å². The van der Waals surface area contributed by atoms with Gasteiger partial charge in [-0.2, -0.15) is 0 Å². The van der Waals surface area contributed by atoms with Crippen LogP contribution >= 0.6 is 0 Å². The third-order valence-electron chi connectivity index (χ3n) is 1.94. The molecule has 0 aliphatic heterocycles. The van der Waals surface area contributed by atoms with Crippen molar-refractivity contribution in [2.45, 2.75) is 19.1 Å². The van der Waals surface area contributed by atoms with Gasteiger partial charge in [-0.25, -0.2) is 0 Å². The number of methoxy groups -OCH3 is 1. The lowest BCUT2D eigenvalue weighted by molar-refractivity contribution is -0.144. The summed E-state index contributed by atoms with van der Waals surface area (Å²) >= 11 is 0. The SMILES string of the molecule is COC(=O)C(N)C(C)Oc1cccnc1. The molecule has 0 aliphatic rings. The molecule has 0 saturated heterocycles. The van der Waals surface area contributed by atoms with E-state index < -0.39 is 18.1 Å². The van der Waals surface area contributed by atoms with Crippen LogP contribution in [0, 0.1) is 0 Å². The van der Waals surface area contributed by atoms with E-state index >= 15 is 0 Å². The molecule has 5 heteroatoms. The molecule has 82 valence electrons. The Labute approximate surface area is 88.2 Å². The number of hydrogen-bond acceptors (Lipinski definition) is 5. The molecular formula is C10H14N2O3. The minimum absolute atomic E-state index is 0.457. The number of esters is 1. The lowest BCUT2D eigenvalue weighted by atomic mass is 10.2. The maximum absolute atomic E-state index is 11.1. The van der Waals surface area contributed by atoms with Crippen LogP contribution in [0.1, 0.15) is 6.92 Å². The fourth-order valence-corrected chi connectivity index (χ4v) is 1.03. The van der Waals surface area contributed by atoms with Crippen molar-refractivity contribution in [3.05, 3.63) is 24.5 Å². The minimum atomic E-state index is -0.796. The van der Waals surface area contributed by atoms with Crippen LogP contribution in [0.4, 0.5) is 0 Å². The second-order valence-corrected chi connectivity index (χ2v) is 3.06. The van der Waals surface area contributed by atoms with Gasteiger partial charge >= 0.3 is 5.97 Å². The predicted molar refractivity (Wildman–Crippen MR) is 54.3 cm³/mol. The van der Waals surface area contributed by atoms with Gasteiger partial charge < -0.3 is 15.2 Å². The normalized spacial score (nSPS) is 14.1. The summed E-state index contributed by atoms with van der Waals surface area (Å²) in [5.41, 5.74) is 5.60. The van der Waals surface area contributed by atoms with Crippen LogP contribution in [0.3, 0.4) is 0 Å². The summed E-state index contributed by atoms with van der Waals surface area (Å²) < 4.78 is 9.92.